The third-order valence-corrected chi connectivity index (χ3v) is 4.57. The molecule has 0 spiro atoms. The lowest BCUT2D eigenvalue weighted by molar-refractivity contribution is 0.0803. The molecule has 3 heterocycles. The van der Waals surface area contributed by atoms with E-state index in [0.29, 0.717) is 24.2 Å². The highest BCUT2D eigenvalue weighted by atomic mass is 32.1. The Labute approximate surface area is 121 Å². The molecule has 0 aromatic carbocycles. The second kappa shape index (κ2) is 5.99. The maximum absolute atomic E-state index is 5.53. The van der Waals surface area contributed by atoms with Crippen LogP contribution in [0.15, 0.2) is 4.52 Å². The van der Waals surface area contributed by atoms with Gasteiger partial charge in [-0.25, -0.2) is 4.98 Å². The maximum atomic E-state index is 5.53. The zero-order valence-electron chi connectivity index (χ0n) is 11.6. The van der Waals surface area contributed by atoms with E-state index < -0.39 is 0 Å². The SMILES string of the molecule is COCc1noc(-c2sc(C3CCCOC3)nc2C)n1. The van der Waals surface area contributed by atoms with Crippen molar-refractivity contribution in [1.29, 1.82) is 0 Å². The number of hydrogen-bond donors (Lipinski definition) is 0. The highest BCUT2D eigenvalue weighted by Crippen LogP contribution is 2.35. The minimum absolute atomic E-state index is 0.352. The molecule has 1 aliphatic heterocycles. The summed E-state index contributed by atoms with van der Waals surface area (Å²) in [5.74, 6) is 1.47. The quantitative estimate of drug-likeness (QED) is 0.863. The largest absolute Gasteiger partial charge is 0.381 e. The van der Waals surface area contributed by atoms with E-state index in [2.05, 4.69) is 15.1 Å². The van der Waals surface area contributed by atoms with E-state index in [-0.39, 0.29) is 0 Å². The molecular formula is C13H17N3O3S. The van der Waals surface area contributed by atoms with Crippen molar-refractivity contribution in [3.8, 4) is 10.8 Å². The molecule has 0 N–H and O–H groups in total. The average molecular weight is 295 g/mol. The van der Waals surface area contributed by atoms with Crippen molar-refractivity contribution in [2.24, 2.45) is 0 Å². The minimum Gasteiger partial charge on any atom is -0.381 e. The molecule has 108 valence electrons. The molecule has 20 heavy (non-hydrogen) atoms. The molecule has 0 aliphatic carbocycles. The van der Waals surface area contributed by atoms with Crippen molar-refractivity contribution in [3.05, 3.63) is 16.5 Å². The topological polar surface area (TPSA) is 70.3 Å². The van der Waals surface area contributed by atoms with Crippen molar-refractivity contribution in [2.45, 2.75) is 32.3 Å². The molecule has 1 fully saturated rings. The van der Waals surface area contributed by atoms with Crippen LogP contribution in [0.25, 0.3) is 10.8 Å². The normalized spacial score (nSPS) is 19.4. The Kier molecular flexibility index (Phi) is 4.09. The predicted octanol–water partition coefficient (Wildman–Crippen LogP) is 2.54. The first-order valence-electron chi connectivity index (χ1n) is 6.65. The fourth-order valence-corrected chi connectivity index (χ4v) is 3.37. The molecule has 2 aromatic rings. The molecule has 1 atom stereocenters. The van der Waals surface area contributed by atoms with Gasteiger partial charge in [0.15, 0.2) is 5.82 Å². The summed E-state index contributed by atoms with van der Waals surface area (Å²) in [6.07, 6.45) is 2.22. The summed E-state index contributed by atoms with van der Waals surface area (Å²) in [4.78, 5) is 9.92. The van der Waals surface area contributed by atoms with Gasteiger partial charge in [-0.05, 0) is 19.8 Å². The summed E-state index contributed by atoms with van der Waals surface area (Å²) in [5, 5.41) is 4.99. The number of hydrogen-bond acceptors (Lipinski definition) is 7. The molecular weight excluding hydrogens is 278 g/mol. The third kappa shape index (κ3) is 2.74. The fourth-order valence-electron chi connectivity index (χ4n) is 2.26. The summed E-state index contributed by atoms with van der Waals surface area (Å²) in [5.41, 5.74) is 0.934. The van der Waals surface area contributed by atoms with Crippen molar-refractivity contribution in [1.82, 2.24) is 15.1 Å². The van der Waals surface area contributed by atoms with Crippen LogP contribution in [0.3, 0.4) is 0 Å². The molecule has 7 heteroatoms. The van der Waals surface area contributed by atoms with Gasteiger partial charge in [0, 0.05) is 19.6 Å². The summed E-state index contributed by atoms with van der Waals surface area (Å²) >= 11 is 1.62. The van der Waals surface area contributed by atoms with Crippen LogP contribution in [-0.2, 0) is 16.1 Å². The standard InChI is InChI=1S/C13H17N3O3S/c1-8-11(12-15-10(7-17-2)16-19-12)20-13(14-8)9-4-3-5-18-6-9/h9H,3-7H2,1-2H3. The van der Waals surface area contributed by atoms with Gasteiger partial charge in [-0.2, -0.15) is 4.98 Å². The van der Waals surface area contributed by atoms with Gasteiger partial charge in [-0.3, -0.25) is 0 Å². The first-order valence-corrected chi connectivity index (χ1v) is 7.46. The molecule has 0 radical (unpaired) electrons. The minimum atomic E-state index is 0.352. The molecule has 0 amide bonds. The third-order valence-electron chi connectivity index (χ3n) is 3.26. The number of methoxy groups -OCH3 is 1. The van der Waals surface area contributed by atoms with Gasteiger partial charge in [0.1, 0.15) is 11.5 Å². The van der Waals surface area contributed by atoms with E-state index >= 15 is 0 Å². The van der Waals surface area contributed by atoms with Gasteiger partial charge in [0.25, 0.3) is 5.89 Å². The zero-order valence-corrected chi connectivity index (χ0v) is 12.4. The van der Waals surface area contributed by atoms with E-state index in [1.165, 1.54) is 0 Å². The molecule has 1 aliphatic rings. The first kappa shape index (κ1) is 13.7. The smallest absolute Gasteiger partial charge is 0.270 e. The van der Waals surface area contributed by atoms with Crippen molar-refractivity contribution < 1.29 is 14.0 Å². The van der Waals surface area contributed by atoms with E-state index in [4.69, 9.17) is 14.0 Å². The fraction of sp³-hybridized carbons (Fsp3) is 0.615. The second-order valence-electron chi connectivity index (χ2n) is 4.83. The van der Waals surface area contributed by atoms with E-state index in [9.17, 15) is 0 Å². The number of aromatic nitrogens is 3. The van der Waals surface area contributed by atoms with Crippen LogP contribution in [0, 0.1) is 6.92 Å². The number of rotatable bonds is 4. The second-order valence-corrected chi connectivity index (χ2v) is 5.86. The van der Waals surface area contributed by atoms with Crippen molar-refractivity contribution >= 4 is 11.3 Å². The highest BCUT2D eigenvalue weighted by Gasteiger charge is 2.23. The van der Waals surface area contributed by atoms with Gasteiger partial charge in [0.2, 0.25) is 0 Å². The average Bonchev–Trinajstić information content (AvgIpc) is 3.07. The Bertz CT molecular complexity index is 575. The molecule has 1 saturated heterocycles. The Morgan fingerprint density at radius 2 is 2.30 bits per heavy atom. The van der Waals surface area contributed by atoms with Crippen molar-refractivity contribution in [3.63, 3.8) is 0 Å². The summed E-state index contributed by atoms with van der Waals surface area (Å²) in [6, 6.07) is 0. The van der Waals surface area contributed by atoms with Crippen LogP contribution < -0.4 is 0 Å². The highest BCUT2D eigenvalue weighted by molar-refractivity contribution is 7.15. The van der Waals surface area contributed by atoms with Crippen LogP contribution in [0.4, 0.5) is 0 Å². The lowest BCUT2D eigenvalue weighted by Gasteiger charge is -2.19. The van der Waals surface area contributed by atoms with Crippen molar-refractivity contribution in [2.75, 3.05) is 20.3 Å². The van der Waals surface area contributed by atoms with Gasteiger partial charge < -0.3 is 14.0 Å². The number of thiazole rings is 1. The lowest BCUT2D eigenvalue weighted by atomic mass is 10.0. The van der Waals surface area contributed by atoms with Gasteiger partial charge in [0.05, 0.1) is 17.3 Å². The first-order chi connectivity index (χ1) is 9.78. The van der Waals surface area contributed by atoms with E-state index in [1.54, 1.807) is 18.4 Å². The van der Waals surface area contributed by atoms with Crippen LogP contribution in [-0.4, -0.2) is 35.4 Å². The van der Waals surface area contributed by atoms with E-state index in [0.717, 1.165) is 41.6 Å². The summed E-state index contributed by atoms with van der Waals surface area (Å²) in [6.45, 7) is 3.94. The molecule has 0 bridgehead atoms. The van der Waals surface area contributed by atoms with E-state index in [1.807, 2.05) is 6.92 Å². The lowest BCUT2D eigenvalue weighted by Crippen LogP contribution is -2.15. The Balaban J connectivity index is 1.83. The van der Waals surface area contributed by atoms with Crippen LogP contribution >= 0.6 is 11.3 Å². The molecule has 2 aromatic heterocycles. The molecule has 1 unspecified atom stereocenters. The number of nitrogens with zero attached hydrogens (tertiary/aromatic N) is 3. The Morgan fingerprint density at radius 3 is 3.05 bits per heavy atom. The molecule has 0 saturated carbocycles. The van der Waals surface area contributed by atoms with Gasteiger partial charge >= 0.3 is 0 Å². The van der Waals surface area contributed by atoms with Gasteiger partial charge in [-0.1, -0.05) is 5.16 Å². The molecule has 3 rings (SSSR count). The summed E-state index contributed by atoms with van der Waals surface area (Å²) in [7, 11) is 1.61. The zero-order chi connectivity index (χ0) is 13.9. The van der Waals surface area contributed by atoms with Gasteiger partial charge in [-0.15, -0.1) is 11.3 Å². The Hall–Kier alpha value is -1.31. The maximum Gasteiger partial charge on any atom is 0.270 e. The van der Waals surface area contributed by atoms with Crippen LogP contribution in [0.5, 0.6) is 0 Å². The number of ether oxygens (including phenoxy) is 2. The van der Waals surface area contributed by atoms with Crippen LogP contribution in [0.2, 0.25) is 0 Å². The summed E-state index contributed by atoms with van der Waals surface area (Å²) < 4.78 is 15.8. The van der Waals surface area contributed by atoms with Crippen LogP contribution in [0.1, 0.15) is 35.3 Å². The monoisotopic (exact) mass is 295 g/mol. The Morgan fingerprint density at radius 1 is 1.40 bits per heavy atom. The number of aryl methyl sites for hydroxylation is 1. The molecule has 6 nitrogen and oxygen atoms in total. The predicted molar refractivity (Wildman–Crippen MR) is 73.7 cm³/mol.